The molecule has 1 heterocycles. The molecule has 0 unspecified atom stereocenters. The normalized spacial score (nSPS) is 10.2. The van der Waals surface area contributed by atoms with E-state index in [-0.39, 0.29) is 11.7 Å². The fourth-order valence-corrected chi connectivity index (χ4v) is 1.60. The number of imidazole rings is 1. The van der Waals surface area contributed by atoms with Crippen LogP contribution in [0.25, 0.3) is 0 Å². The molecule has 1 aromatic carbocycles. The molecule has 5 heteroatoms. The summed E-state index contributed by atoms with van der Waals surface area (Å²) in [4.78, 5) is 15.6. The molecule has 0 radical (unpaired) electrons. The minimum atomic E-state index is -0.124. The molecule has 18 heavy (non-hydrogen) atoms. The zero-order chi connectivity index (χ0) is 12.8. The average molecular weight is 245 g/mol. The van der Waals surface area contributed by atoms with Crippen LogP contribution in [0.4, 0.5) is 0 Å². The predicted octanol–water partition coefficient (Wildman–Crippen LogP) is 1.41. The number of aryl methyl sites for hydroxylation is 1. The Labute approximate surface area is 105 Å². The Balaban J connectivity index is 1.73. The van der Waals surface area contributed by atoms with E-state index in [0.29, 0.717) is 12.1 Å². The molecular weight excluding hydrogens is 230 g/mol. The SMILES string of the molecule is O=C(NCCCn1ccnc1)c1ccc(O)cc1. The van der Waals surface area contributed by atoms with Crippen molar-refractivity contribution in [2.75, 3.05) is 6.54 Å². The topological polar surface area (TPSA) is 67.2 Å². The van der Waals surface area contributed by atoms with Crippen molar-refractivity contribution in [2.24, 2.45) is 0 Å². The van der Waals surface area contributed by atoms with Crippen LogP contribution in [0.5, 0.6) is 5.75 Å². The van der Waals surface area contributed by atoms with Crippen molar-refractivity contribution < 1.29 is 9.90 Å². The van der Waals surface area contributed by atoms with Crippen molar-refractivity contribution in [2.45, 2.75) is 13.0 Å². The van der Waals surface area contributed by atoms with Gasteiger partial charge in [-0.25, -0.2) is 4.98 Å². The van der Waals surface area contributed by atoms with Gasteiger partial charge < -0.3 is 15.0 Å². The van der Waals surface area contributed by atoms with Crippen molar-refractivity contribution in [3.63, 3.8) is 0 Å². The van der Waals surface area contributed by atoms with Gasteiger partial charge in [0.15, 0.2) is 0 Å². The number of phenols is 1. The molecule has 1 amide bonds. The summed E-state index contributed by atoms with van der Waals surface area (Å²) in [5, 5.41) is 11.9. The summed E-state index contributed by atoms with van der Waals surface area (Å²) in [6, 6.07) is 6.20. The second-order valence-electron chi connectivity index (χ2n) is 3.96. The van der Waals surface area contributed by atoms with Gasteiger partial charge in [-0.05, 0) is 30.7 Å². The Bertz CT molecular complexity index is 491. The van der Waals surface area contributed by atoms with E-state index in [0.717, 1.165) is 13.0 Å². The highest BCUT2D eigenvalue weighted by Gasteiger charge is 2.03. The summed E-state index contributed by atoms with van der Waals surface area (Å²) in [5.41, 5.74) is 0.551. The summed E-state index contributed by atoms with van der Waals surface area (Å²) >= 11 is 0. The number of benzene rings is 1. The first-order chi connectivity index (χ1) is 8.75. The Morgan fingerprint density at radius 3 is 2.78 bits per heavy atom. The Kier molecular flexibility index (Phi) is 3.96. The number of aromatic hydroxyl groups is 1. The monoisotopic (exact) mass is 245 g/mol. The minimum Gasteiger partial charge on any atom is -0.508 e. The van der Waals surface area contributed by atoms with Gasteiger partial charge in [0.25, 0.3) is 5.91 Å². The second-order valence-corrected chi connectivity index (χ2v) is 3.96. The molecule has 0 saturated carbocycles. The van der Waals surface area contributed by atoms with E-state index >= 15 is 0 Å². The molecule has 0 bridgehead atoms. The average Bonchev–Trinajstić information content (AvgIpc) is 2.88. The van der Waals surface area contributed by atoms with Crippen molar-refractivity contribution in [3.05, 3.63) is 48.5 Å². The van der Waals surface area contributed by atoms with Crippen LogP contribution >= 0.6 is 0 Å². The molecule has 0 saturated heterocycles. The maximum Gasteiger partial charge on any atom is 0.251 e. The van der Waals surface area contributed by atoms with Crippen LogP contribution < -0.4 is 5.32 Å². The van der Waals surface area contributed by atoms with Crippen LogP contribution in [0.2, 0.25) is 0 Å². The fourth-order valence-electron chi connectivity index (χ4n) is 1.60. The molecular formula is C13H15N3O2. The number of carbonyl (C=O) groups is 1. The molecule has 5 nitrogen and oxygen atoms in total. The number of nitrogens with one attached hydrogen (secondary N) is 1. The first-order valence-electron chi connectivity index (χ1n) is 5.79. The number of rotatable bonds is 5. The quantitative estimate of drug-likeness (QED) is 0.783. The van der Waals surface area contributed by atoms with Gasteiger partial charge in [0.2, 0.25) is 0 Å². The lowest BCUT2D eigenvalue weighted by molar-refractivity contribution is 0.0952. The van der Waals surface area contributed by atoms with E-state index in [1.54, 1.807) is 24.7 Å². The number of amides is 1. The lowest BCUT2D eigenvalue weighted by Gasteiger charge is -2.05. The standard InChI is InChI=1S/C13H15N3O2/c17-12-4-2-11(3-5-12)13(18)15-6-1-8-16-9-7-14-10-16/h2-5,7,9-10,17H,1,6,8H2,(H,15,18). The minimum absolute atomic E-state index is 0.124. The van der Waals surface area contributed by atoms with Gasteiger partial charge in [0.1, 0.15) is 5.75 Å². The summed E-state index contributed by atoms with van der Waals surface area (Å²) in [7, 11) is 0. The number of carbonyl (C=O) groups excluding carboxylic acids is 1. The highest BCUT2D eigenvalue weighted by atomic mass is 16.3. The van der Waals surface area contributed by atoms with Crippen molar-refractivity contribution in [1.82, 2.24) is 14.9 Å². The molecule has 2 aromatic rings. The van der Waals surface area contributed by atoms with Crippen molar-refractivity contribution >= 4 is 5.91 Å². The van der Waals surface area contributed by atoms with Gasteiger partial charge in [0.05, 0.1) is 6.33 Å². The van der Waals surface area contributed by atoms with E-state index < -0.39 is 0 Å². The summed E-state index contributed by atoms with van der Waals surface area (Å²) < 4.78 is 1.96. The number of hydrogen-bond donors (Lipinski definition) is 2. The highest BCUT2D eigenvalue weighted by Crippen LogP contribution is 2.09. The number of aromatic nitrogens is 2. The highest BCUT2D eigenvalue weighted by molar-refractivity contribution is 5.94. The number of hydrogen-bond acceptors (Lipinski definition) is 3. The lowest BCUT2D eigenvalue weighted by atomic mass is 10.2. The number of phenolic OH excluding ortho intramolecular Hbond substituents is 1. The van der Waals surface area contributed by atoms with Crippen molar-refractivity contribution in [1.29, 1.82) is 0 Å². The third kappa shape index (κ3) is 3.35. The molecule has 0 aliphatic rings. The molecule has 94 valence electrons. The summed E-state index contributed by atoms with van der Waals surface area (Å²) in [6.07, 6.45) is 6.22. The molecule has 0 aliphatic carbocycles. The van der Waals surface area contributed by atoms with E-state index in [1.165, 1.54) is 12.1 Å². The van der Waals surface area contributed by atoms with Crippen LogP contribution in [0.3, 0.4) is 0 Å². The maximum atomic E-state index is 11.7. The largest absolute Gasteiger partial charge is 0.508 e. The Morgan fingerprint density at radius 2 is 2.11 bits per heavy atom. The van der Waals surface area contributed by atoms with E-state index in [9.17, 15) is 4.79 Å². The van der Waals surface area contributed by atoms with E-state index in [2.05, 4.69) is 10.3 Å². The first kappa shape index (κ1) is 12.2. The lowest BCUT2D eigenvalue weighted by Crippen LogP contribution is -2.25. The molecule has 0 aliphatic heterocycles. The summed E-state index contributed by atoms with van der Waals surface area (Å²) in [6.45, 7) is 1.44. The molecule has 2 N–H and O–H groups in total. The molecule has 0 fully saturated rings. The van der Waals surface area contributed by atoms with Crippen LogP contribution in [-0.2, 0) is 6.54 Å². The third-order valence-electron chi connectivity index (χ3n) is 2.57. The Morgan fingerprint density at radius 1 is 1.33 bits per heavy atom. The van der Waals surface area contributed by atoms with Crippen LogP contribution in [0, 0.1) is 0 Å². The van der Waals surface area contributed by atoms with Gasteiger partial charge in [-0.15, -0.1) is 0 Å². The second kappa shape index (κ2) is 5.86. The first-order valence-corrected chi connectivity index (χ1v) is 5.79. The van der Waals surface area contributed by atoms with Gasteiger partial charge in [-0.2, -0.15) is 0 Å². The zero-order valence-corrected chi connectivity index (χ0v) is 9.91. The smallest absolute Gasteiger partial charge is 0.251 e. The van der Waals surface area contributed by atoms with E-state index in [1.807, 2.05) is 10.8 Å². The van der Waals surface area contributed by atoms with Gasteiger partial charge in [-0.3, -0.25) is 4.79 Å². The van der Waals surface area contributed by atoms with Gasteiger partial charge >= 0.3 is 0 Å². The van der Waals surface area contributed by atoms with Crippen LogP contribution in [0.15, 0.2) is 43.0 Å². The summed E-state index contributed by atoms with van der Waals surface area (Å²) in [5.74, 6) is 0.0345. The van der Waals surface area contributed by atoms with Crippen LogP contribution in [0.1, 0.15) is 16.8 Å². The third-order valence-corrected chi connectivity index (χ3v) is 2.57. The Hall–Kier alpha value is -2.30. The molecule has 1 aromatic heterocycles. The van der Waals surface area contributed by atoms with Crippen LogP contribution in [-0.4, -0.2) is 27.1 Å². The van der Waals surface area contributed by atoms with Crippen molar-refractivity contribution in [3.8, 4) is 5.75 Å². The van der Waals surface area contributed by atoms with E-state index in [4.69, 9.17) is 5.11 Å². The fraction of sp³-hybridized carbons (Fsp3) is 0.231. The maximum absolute atomic E-state index is 11.7. The molecule has 0 atom stereocenters. The predicted molar refractivity (Wildman–Crippen MR) is 67.3 cm³/mol. The number of nitrogens with zero attached hydrogens (tertiary/aromatic N) is 2. The zero-order valence-electron chi connectivity index (χ0n) is 9.91. The molecule has 2 rings (SSSR count). The molecule has 0 spiro atoms. The van der Waals surface area contributed by atoms with Gasteiger partial charge in [0, 0.05) is 31.0 Å². The van der Waals surface area contributed by atoms with Gasteiger partial charge in [-0.1, -0.05) is 0 Å².